The van der Waals surface area contributed by atoms with Gasteiger partial charge in [-0.1, -0.05) is 42.5 Å². The first-order valence-electron chi connectivity index (χ1n) is 8.53. The largest absolute Gasteiger partial charge is 0.363 e. The molecule has 4 nitrogen and oxygen atoms in total. The van der Waals surface area contributed by atoms with Gasteiger partial charge in [0, 0.05) is 25.9 Å². The van der Waals surface area contributed by atoms with Crippen LogP contribution in [0.2, 0.25) is 0 Å². The summed E-state index contributed by atoms with van der Waals surface area (Å²) >= 11 is 0. The van der Waals surface area contributed by atoms with E-state index in [1.807, 2.05) is 31.1 Å². The second-order valence-corrected chi connectivity index (χ2v) is 6.86. The molecular weight excluding hydrogens is 310 g/mol. The van der Waals surface area contributed by atoms with Crippen LogP contribution in [-0.4, -0.2) is 25.0 Å². The van der Waals surface area contributed by atoms with Gasteiger partial charge in [0.05, 0.1) is 5.54 Å². The topological polar surface area (TPSA) is 45.2 Å². The zero-order chi connectivity index (χ0) is 17.4. The lowest BCUT2D eigenvalue weighted by Gasteiger charge is -2.20. The van der Waals surface area contributed by atoms with Gasteiger partial charge in [-0.15, -0.1) is 0 Å². The number of benzene rings is 2. The van der Waals surface area contributed by atoms with Crippen LogP contribution >= 0.6 is 0 Å². The molecule has 0 unspecified atom stereocenters. The Hall–Kier alpha value is -2.88. The summed E-state index contributed by atoms with van der Waals surface area (Å²) in [6.45, 7) is 0. The number of hydrogen-bond acceptors (Lipinski definition) is 3. The van der Waals surface area contributed by atoms with Gasteiger partial charge in [0.2, 0.25) is 0 Å². The first kappa shape index (κ1) is 15.6. The van der Waals surface area contributed by atoms with Crippen LogP contribution in [0.25, 0.3) is 10.8 Å². The molecule has 1 aliphatic rings. The molecule has 1 amide bonds. The van der Waals surface area contributed by atoms with Crippen molar-refractivity contribution < 1.29 is 4.79 Å². The van der Waals surface area contributed by atoms with Crippen molar-refractivity contribution >= 4 is 22.5 Å². The highest BCUT2D eigenvalue weighted by atomic mass is 16.1. The van der Waals surface area contributed by atoms with Gasteiger partial charge in [-0.2, -0.15) is 0 Å². The van der Waals surface area contributed by atoms with E-state index in [0.717, 1.165) is 18.7 Å². The number of nitrogens with zero attached hydrogens (tertiary/aromatic N) is 2. The number of carbonyl (C=O) groups excluding carboxylic acids is 1. The van der Waals surface area contributed by atoms with Crippen LogP contribution in [-0.2, 0) is 5.54 Å². The van der Waals surface area contributed by atoms with Crippen molar-refractivity contribution in [2.45, 2.75) is 18.4 Å². The molecule has 1 N–H and O–H groups in total. The van der Waals surface area contributed by atoms with Crippen LogP contribution in [0.1, 0.15) is 28.8 Å². The minimum atomic E-state index is -0.250. The normalized spacial score (nSPS) is 15.0. The monoisotopic (exact) mass is 331 g/mol. The lowest BCUT2D eigenvalue weighted by molar-refractivity contribution is 0.0931. The van der Waals surface area contributed by atoms with Crippen LogP contribution < -0.4 is 10.2 Å². The van der Waals surface area contributed by atoms with Gasteiger partial charge in [-0.05, 0) is 41.3 Å². The molecule has 0 saturated heterocycles. The molecule has 4 heteroatoms. The third-order valence-electron chi connectivity index (χ3n) is 4.87. The third kappa shape index (κ3) is 2.84. The number of fused-ring (bicyclic) bond motifs is 1. The molecule has 1 heterocycles. The summed E-state index contributed by atoms with van der Waals surface area (Å²) in [5.41, 5.74) is 1.60. The molecule has 1 aromatic heterocycles. The fourth-order valence-corrected chi connectivity index (χ4v) is 3.32. The maximum atomic E-state index is 12.8. The van der Waals surface area contributed by atoms with Crippen molar-refractivity contribution in [2.75, 3.05) is 19.0 Å². The van der Waals surface area contributed by atoms with E-state index in [4.69, 9.17) is 0 Å². The fraction of sp³-hybridized carbons (Fsp3) is 0.238. The van der Waals surface area contributed by atoms with E-state index in [1.165, 1.54) is 16.3 Å². The number of pyridine rings is 1. The second-order valence-electron chi connectivity index (χ2n) is 6.86. The summed E-state index contributed by atoms with van der Waals surface area (Å²) < 4.78 is 0. The molecule has 1 fully saturated rings. The molecular formula is C21H21N3O. The molecule has 0 atom stereocenters. The lowest BCUT2D eigenvalue weighted by atomic mass is 9.96. The third-order valence-corrected chi connectivity index (χ3v) is 4.87. The van der Waals surface area contributed by atoms with E-state index in [-0.39, 0.29) is 11.4 Å². The zero-order valence-corrected chi connectivity index (χ0v) is 14.5. The first-order valence-corrected chi connectivity index (χ1v) is 8.53. The van der Waals surface area contributed by atoms with E-state index >= 15 is 0 Å². The minimum absolute atomic E-state index is 0.0454. The highest BCUT2D eigenvalue weighted by Gasteiger charge is 2.46. The van der Waals surface area contributed by atoms with Gasteiger partial charge in [-0.3, -0.25) is 4.79 Å². The maximum absolute atomic E-state index is 12.8. The molecule has 0 radical (unpaired) electrons. The van der Waals surface area contributed by atoms with Crippen molar-refractivity contribution in [3.8, 4) is 0 Å². The Morgan fingerprint density at radius 1 is 1.08 bits per heavy atom. The zero-order valence-electron chi connectivity index (χ0n) is 14.5. The second kappa shape index (κ2) is 5.88. The Bertz CT molecular complexity index is 939. The van der Waals surface area contributed by atoms with Gasteiger partial charge in [0.25, 0.3) is 5.91 Å². The molecule has 25 heavy (non-hydrogen) atoms. The van der Waals surface area contributed by atoms with Crippen LogP contribution in [0.15, 0.2) is 60.8 Å². The Morgan fingerprint density at radius 2 is 1.84 bits per heavy atom. The summed E-state index contributed by atoms with van der Waals surface area (Å²) in [6.07, 6.45) is 3.62. The Morgan fingerprint density at radius 3 is 2.60 bits per heavy atom. The van der Waals surface area contributed by atoms with Crippen molar-refractivity contribution in [3.05, 3.63) is 71.9 Å². The Labute approximate surface area is 147 Å². The molecule has 0 aliphatic heterocycles. The maximum Gasteiger partial charge on any atom is 0.252 e. The summed E-state index contributed by atoms with van der Waals surface area (Å²) in [5, 5.41) is 5.70. The van der Waals surface area contributed by atoms with Gasteiger partial charge >= 0.3 is 0 Å². The summed E-state index contributed by atoms with van der Waals surface area (Å²) in [4.78, 5) is 19.0. The first-order chi connectivity index (χ1) is 12.1. The van der Waals surface area contributed by atoms with Crippen molar-refractivity contribution in [3.63, 3.8) is 0 Å². The van der Waals surface area contributed by atoms with Crippen LogP contribution in [0.3, 0.4) is 0 Å². The average molecular weight is 331 g/mol. The lowest BCUT2D eigenvalue weighted by Crippen LogP contribution is -2.35. The standard InChI is InChI=1S/C21H21N3O/c1-24(2)19-14-16(10-13-22-19)20(25)23-21(11-12-21)18-9-5-7-15-6-3-4-8-17(15)18/h3-10,13-14H,11-12H2,1-2H3,(H,23,25). The van der Waals surface area contributed by atoms with Gasteiger partial charge in [0.1, 0.15) is 5.82 Å². The van der Waals surface area contributed by atoms with Crippen LogP contribution in [0.4, 0.5) is 5.82 Å². The van der Waals surface area contributed by atoms with E-state index in [0.29, 0.717) is 5.56 Å². The molecule has 2 aromatic carbocycles. The molecule has 4 rings (SSSR count). The van der Waals surface area contributed by atoms with E-state index in [2.05, 4.69) is 46.7 Å². The number of nitrogens with one attached hydrogen (secondary N) is 1. The van der Waals surface area contributed by atoms with Crippen LogP contribution in [0.5, 0.6) is 0 Å². The van der Waals surface area contributed by atoms with E-state index in [1.54, 1.807) is 12.3 Å². The smallest absolute Gasteiger partial charge is 0.252 e. The summed E-state index contributed by atoms with van der Waals surface area (Å²) in [5.74, 6) is 0.735. The number of aromatic nitrogens is 1. The number of anilines is 1. The minimum Gasteiger partial charge on any atom is -0.363 e. The van der Waals surface area contributed by atoms with Gasteiger partial charge in [-0.25, -0.2) is 4.98 Å². The van der Waals surface area contributed by atoms with Gasteiger partial charge < -0.3 is 10.2 Å². The highest BCUT2D eigenvalue weighted by molar-refractivity contribution is 5.96. The van der Waals surface area contributed by atoms with Gasteiger partial charge in [0.15, 0.2) is 0 Å². The summed E-state index contributed by atoms with van der Waals surface area (Å²) in [7, 11) is 3.84. The Balaban J connectivity index is 1.66. The predicted octanol–water partition coefficient (Wildman–Crippen LogP) is 3.72. The van der Waals surface area contributed by atoms with E-state index < -0.39 is 0 Å². The highest BCUT2D eigenvalue weighted by Crippen LogP contribution is 2.48. The number of carbonyl (C=O) groups is 1. The molecule has 3 aromatic rings. The van der Waals surface area contributed by atoms with Crippen molar-refractivity contribution in [2.24, 2.45) is 0 Å². The SMILES string of the molecule is CN(C)c1cc(C(=O)NC2(c3cccc4ccccc34)CC2)ccn1. The predicted molar refractivity (Wildman–Crippen MR) is 101 cm³/mol. The van der Waals surface area contributed by atoms with Crippen molar-refractivity contribution in [1.29, 1.82) is 0 Å². The van der Waals surface area contributed by atoms with E-state index in [9.17, 15) is 4.79 Å². The summed E-state index contributed by atoms with van der Waals surface area (Å²) in [6, 6.07) is 18.3. The number of amides is 1. The van der Waals surface area contributed by atoms with Crippen molar-refractivity contribution in [1.82, 2.24) is 10.3 Å². The molecule has 0 bridgehead atoms. The number of rotatable bonds is 4. The molecule has 1 aliphatic carbocycles. The van der Waals surface area contributed by atoms with Crippen LogP contribution in [0, 0.1) is 0 Å². The fourth-order valence-electron chi connectivity index (χ4n) is 3.32. The molecule has 1 saturated carbocycles. The molecule has 0 spiro atoms. The number of hydrogen-bond donors (Lipinski definition) is 1. The Kier molecular flexibility index (Phi) is 3.68. The quantitative estimate of drug-likeness (QED) is 0.792. The average Bonchev–Trinajstić information content (AvgIpc) is 3.41. The molecule has 126 valence electrons.